The minimum absolute atomic E-state index is 0.168. The Morgan fingerprint density at radius 1 is 1.21 bits per heavy atom. The van der Waals surface area contributed by atoms with E-state index in [0.717, 1.165) is 47.3 Å². The van der Waals surface area contributed by atoms with Gasteiger partial charge in [-0.3, -0.25) is 4.79 Å². The summed E-state index contributed by atoms with van der Waals surface area (Å²) in [5.41, 5.74) is 5.26. The SMILES string of the molecule is COc1nc(C)cc(C)c1CN1CCc2sc(C(C)[C@H]3CC[C@H](N(C)C)CC3)c(C)c2C1=O. The summed E-state index contributed by atoms with van der Waals surface area (Å²) in [6.45, 7) is 9.92. The summed E-state index contributed by atoms with van der Waals surface area (Å²) in [6, 6.07) is 2.79. The Kier molecular flexibility index (Phi) is 7.15. The molecule has 1 fully saturated rings. The van der Waals surface area contributed by atoms with E-state index in [0.29, 0.717) is 18.3 Å². The zero-order valence-electron chi connectivity index (χ0n) is 21.3. The Labute approximate surface area is 203 Å². The number of aromatic nitrogens is 1. The summed E-state index contributed by atoms with van der Waals surface area (Å²) >= 11 is 1.90. The summed E-state index contributed by atoms with van der Waals surface area (Å²) in [6.07, 6.45) is 6.07. The molecule has 0 N–H and O–H groups in total. The highest BCUT2D eigenvalue weighted by atomic mass is 32.1. The van der Waals surface area contributed by atoms with Crippen LogP contribution in [0.15, 0.2) is 6.07 Å². The first kappa shape index (κ1) is 24.2. The highest BCUT2D eigenvalue weighted by Gasteiger charge is 2.34. The van der Waals surface area contributed by atoms with Gasteiger partial charge in [0, 0.05) is 40.0 Å². The Balaban J connectivity index is 1.53. The molecule has 1 saturated carbocycles. The van der Waals surface area contributed by atoms with Gasteiger partial charge in [-0.1, -0.05) is 6.92 Å². The van der Waals surface area contributed by atoms with Gasteiger partial charge in [-0.25, -0.2) is 4.98 Å². The van der Waals surface area contributed by atoms with Crippen molar-refractivity contribution in [2.75, 3.05) is 27.7 Å². The monoisotopic (exact) mass is 469 g/mol. The van der Waals surface area contributed by atoms with Crippen molar-refractivity contribution in [1.29, 1.82) is 0 Å². The molecule has 0 bridgehead atoms. The number of hydrogen-bond donors (Lipinski definition) is 0. The number of carbonyl (C=O) groups is 1. The topological polar surface area (TPSA) is 45.7 Å². The van der Waals surface area contributed by atoms with Crippen molar-refractivity contribution >= 4 is 17.2 Å². The zero-order chi connectivity index (χ0) is 23.9. The van der Waals surface area contributed by atoms with Gasteiger partial charge in [0.1, 0.15) is 0 Å². The van der Waals surface area contributed by atoms with E-state index < -0.39 is 0 Å². The number of fused-ring (bicyclic) bond motifs is 1. The number of hydrogen-bond acceptors (Lipinski definition) is 5. The minimum atomic E-state index is 0.168. The molecule has 0 spiro atoms. The highest BCUT2D eigenvalue weighted by Crippen LogP contribution is 2.44. The molecule has 2 aromatic heterocycles. The summed E-state index contributed by atoms with van der Waals surface area (Å²) in [4.78, 5) is 25.2. The van der Waals surface area contributed by atoms with E-state index in [-0.39, 0.29) is 5.91 Å². The Hall–Kier alpha value is -1.92. The summed E-state index contributed by atoms with van der Waals surface area (Å²) in [5, 5.41) is 0. The molecule has 1 aliphatic heterocycles. The van der Waals surface area contributed by atoms with E-state index in [1.54, 1.807) is 7.11 Å². The first-order valence-electron chi connectivity index (χ1n) is 12.3. The average molecular weight is 470 g/mol. The second-order valence-electron chi connectivity index (χ2n) is 10.3. The Bertz CT molecular complexity index is 1020. The number of thiophene rings is 1. The van der Waals surface area contributed by atoms with Crippen LogP contribution in [0.5, 0.6) is 5.88 Å². The van der Waals surface area contributed by atoms with Crippen LogP contribution in [0, 0.1) is 26.7 Å². The van der Waals surface area contributed by atoms with Gasteiger partial charge in [0.2, 0.25) is 5.88 Å². The van der Waals surface area contributed by atoms with Crippen LogP contribution in [-0.4, -0.2) is 54.5 Å². The first-order valence-corrected chi connectivity index (χ1v) is 13.1. The normalized spacial score (nSPS) is 21.9. The van der Waals surface area contributed by atoms with Gasteiger partial charge >= 0.3 is 0 Å². The molecule has 4 rings (SSSR count). The average Bonchev–Trinajstić information content (AvgIpc) is 3.13. The van der Waals surface area contributed by atoms with Gasteiger partial charge in [-0.15, -0.1) is 11.3 Å². The number of carbonyl (C=O) groups excluding carboxylic acids is 1. The third kappa shape index (κ3) is 4.69. The van der Waals surface area contributed by atoms with Crippen LogP contribution in [-0.2, 0) is 13.0 Å². The fourth-order valence-corrected chi connectivity index (χ4v) is 7.28. The van der Waals surface area contributed by atoms with Crippen LogP contribution in [0.3, 0.4) is 0 Å². The maximum atomic E-state index is 13.6. The van der Waals surface area contributed by atoms with Crippen molar-refractivity contribution in [3.63, 3.8) is 0 Å². The fraction of sp³-hybridized carbons (Fsp3) is 0.630. The molecular formula is C27H39N3O2S. The van der Waals surface area contributed by atoms with Gasteiger partial charge in [0.25, 0.3) is 5.91 Å². The summed E-state index contributed by atoms with van der Waals surface area (Å²) < 4.78 is 5.55. The molecule has 1 amide bonds. The predicted molar refractivity (Wildman–Crippen MR) is 136 cm³/mol. The van der Waals surface area contributed by atoms with Crippen LogP contribution < -0.4 is 4.74 Å². The molecule has 3 heterocycles. The van der Waals surface area contributed by atoms with E-state index in [4.69, 9.17) is 4.74 Å². The van der Waals surface area contributed by atoms with Crippen molar-refractivity contribution in [1.82, 2.24) is 14.8 Å². The number of methoxy groups -OCH3 is 1. The molecule has 5 nitrogen and oxygen atoms in total. The maximum Gasteiger partial charge on any atom is 0.255 e. The lowest BCUT2D eigenvalue weighted by Crippen LogP contribution is -2.37. The molecule has 1 aliphatic carbocycles. The van der Waals surface area contributed by atoms with Crippen molar-refractivity contribution < 1.29 is 9.53 Å². The molecule has 1 unspecified atom stereocenters. The first-order chi connectivity index (χ1) is 15.7. The van der Waals surface area contributed by atoms with Crippen LogP contribution >= 0.6 is 11.3 Å². The fourth-order valence-electron chi connectivity index (χ4n) is 5.84. The number of ether oxygens (including phenoxy) is 1. The molecule has 33 heavy (non-hydrogen) atoms. The molecule has 2 aliphatic rings. The van der Waals surface area contributed by atoms with Gasteiger partial charge in [0.05, 0.1) is 19.2 Å². The largest absolute Gasteiger partial charge is 0.481 e. The number of amides is 1. The van der Waals surface area contributed by atoms with Gasteiger partial charge in [-0.05, 0) is 89.6 Å². The maximum absolute atomic E-state index is 13.6. The number of aryl methyl sites for hydroxylation is 2. The lowest BCUT2D eigenvalue weighted by Gasteiger charge is -2.35. The highest BCUT2D eigenvalue weighted by molar-refractivity contribution is 7.12. The predicted octanol–water partition coefficient (Wildman–Crippen LogP) is 5.50. The number of pyridine rings is 1. The molecular weight excluding hydrogens is 430 g/mol. The standard InChI is InChI=1S/C27H39N3O2S/c1-16-14-17(2)28-26(32-7)22(16)15-30-13-12-23-24(27(30)31)19(4)25(33-23)18(3)20-8-10-21(11-9-20)29(5)6/h14,18,20-21H,8-13,15H2,1-7H3/t18?,20-,21-. The van der Waals surface area contributed by atoms with E-state index in [9.17, 15) is 4.79 Å². The van der Waals surface area contributed by atoms with Gasteiger partial charge < -0.3 is 14.5 Å². The van der Waals surface area contributed by atoms with Crippen molar-refractivity contribution in [2.24, 2.45) is 5.92 Å². The summed E-state index contributed by atoms with van der Waals surface area (Å²) in [7, 11) is 6.06. The second kappa shape index (κ2) is 9.75. The lowest BCUT2D eigenvalue weighted by molar-refractivity contribution is 0.0726. The van der Waals surface area contributed by atoms with Gasteiger partial charge in [0.15, 0.2) is 0 Å². The van der Waals surface area contributed by atoms with Crippen molar-refractivity contribution in [2.45, 2.75) is 78.3 Å². The number of nitrogens with zero attached hydrogens (tertiary/aromatic N) is 3. The van der Waals surface area contributed by atoms with E-state index in [1.165, 1.54) is 41.0 Å². The quantitative estimate of drug-likeness (QED) is 0.560. The number of rotatable bonds is 6. The summed E-state index contributed by atoms with van der Waals surface area (Å²) in [5.74, 6) is 2.04. The lowest BCUT2D eigenvalue weighted by atomic mass is 9.77. The molecule has 1 atom stereocenters. The Morgan fingerprint density at radius 2 is 1.91 bits per heavy atom. The third-order valence-electron chi connectivity index (χ3n) is 7.94. The van der Waals surface area contributed by atoms with Gasteiger partial charge in [-0.2, -0.15) is 0 Å². The van der Waals surface area contributed by atoms with Crippen LogP contribution in [0.2, 0.25) is 0 Å². The second-order valence-corrected chi connectivity index (χ2v) is 11.4. The van der Waals surface area contributed by atoms with E-state index in [2.05, 4.69) is 50.8 Å². The third-order valence-corrected chi connectivity index (χ3v) is 9.49. The van der Waals surface area contributed by atoms with E-state index in [1.807, 2.05) is 23.2 Å². The van der Waals surface area contributed by atoms with Crippen molar-refractivity contribution in [3.05, 3.63) is 43.8 Å². The minimum Gasteiger partial charge on any atom is -0.481 e. The van der Waals surface area contributed by atoms with Crippen LogP contribution in [0.4, 0.5) is 0 Å². The van der Waals surface area contributed by atoms with Crippen LogP contribution in [0.25, 0.3) is 0 Å². The zero-order valence-corrected chi connectivity index (χ0v) is 22.1. The molecule has 0 saturated heterocycles. The molecule has 180 valence electrons. The molecule has 6 heteroatoms. The molecule has 0 radical (unpaired) electrons. The molecule has 0 aromatic carbocycles. The van der Waals surface area contributed by atoms with Crippen LogP contribution in [0.1, 0.15) is 81.0 Å². The molecule has 2 aromatic rings. The smallest absolute Gasteiger partial charge is 0.255 e. The van der Waals surface area contributed by atoms with Crippen molar-refractivity contribution in [3.8, 4) is 5.88 Å². The Morgan fingerprint density at radius 3 is 2.55 bits per heavy atom. The van der Waals surface area contributed by atoms with E-state index >= 15 is 0 Å².